The van der Waals surface area contributed by atoms with Crippen molar-refractivity contribution < 1.29 is 27.5 Å². The first-order chi connectivity index (χ1) is 14.3. The molecule has 30 heavy (non-hydrogen) atoms. The Bertz CT molecular complexity index is 1120. The van der Waals surface area contributed by atoms with Crippen LogP contribution in [0.1, 0.15) is 11.6 Å². The first-order valence-electron chi connectivity index (χ1n) is 8.77. The standard InChI is InChI=1S/C20H19ClN2O6S/c1-28-16-9-8-13(10-14(16)21)30(26,27)11-15-17(19(24)29-2)18(23-20(25)22-15)12-6-4-3-5-7-12/h3-10,18H,11H2,1-2H3,(H2,22,23,25). The number of urea groups is 1. The Hall–Kier alpha value is -3.04. The lowest BCUT2D eigenvalue weighted by atomic mass is 9.96. The Balaban J connectivity index is 2.07. The first-order valence-corrected chi connectivity index (χ1v) is 10.8. The van der Waals surface area contributed by atoms with Crippen LogP contribution in [0.4, 0.5) is 4.79 Å². The van der Waals surface area contributed by atoms with E-state index in [4.69, 9.17) is 21.1 Å². The molecule has 0 fully saturated rings. The van der Waals surface area contributed by atoms with Crippen molar-refractivity contribution >= 4 is 33.4 Å². The third-order valence-electron chi connectivity index (χ3n) is 4.51. The molecule has 2 amide bonds. The summed E-state index contributed by atoms with van der Waals surface area (Å²) in [6.07, 6.45) is 0. The minimum atomic E-state index is -3.96. The fourth-order valence-corrected chi connectivity index (χ4v) is 4.76. The number of halogens is 1. The van der Waals surface area contributed by atoms with Crippen molar-refractivity contribution in [2.45, 2.75) is 10.9 Å². The number of esters is 1. The van der Waals surface area contributed by atoms with Crippen LogP contribution in [0.3, 0.4) is 0 Å². The van der Waals surface area contributed by atoms with Crippen LogP contribution in [0.5, 0.6) is 5.75 Å². The molecular weight excluding hydrogens is 432 g/mol. The highest BCUT2D eigenvalue weighted by atomic mass is 35.5. The van der Waals surface area contributed by atoms with E-state index in [2.05, 4.69) is 10.6 Å². The van der Waals surface area contributed by atoms with E-state index in [1.165, 1.54) is 32.4 Å². The zero-order valence-electron chi connectivity index (χ0n) is 16.1. The normalized spacial score (nSPS) is 16.5. The number of amides is 2. The predicted molar refractivity (Wildman–Crippen MR) is 110 cm³/mol. The van der Waals surface area contributed by atoms with Gasteiger partial charge in [-0.25, -0.2) is 18.0 Å². The van der Waals surface area contributed by atoms with Gasteiger partial charge >= 0.3 is 12.0 Å². The van der Waals surface area contributed by atoms with E-state index in [1.54, 1.807) is 30.3 Å². The number of rotatable bonds is 6. The summed E-state index contributed by atoms with van der Waals surface area (Å²) in [5.74, 6) is -1.06. The number of ether oxygens (including phenoxy) is 2. The lowest BCUT2D eigenvalue weighted by Gasteiger charge is -2.29. The molecule has 0 spiro atoms. The number of carbonyl (C=O) groups excluding carboxylic acids is 2. The number of sulfone groups is 1. The molecular formula is C20H19ClN2O6S. The molecule has 1 unspecified atom stereocenters. The van der Waals surface area contributed by atoms with Gasteiger partial charge in [0.1, 0.15) is 5.75 Å². The summed E-state index contributed by atoms with van der Waals surface area (Å²) >= 11 is 6.05. The van der Waals surface area contributed by atoms with Crippen molar-refractivity contribution in [2.75, 3.05) is 20.0 Å². The Morgan fingerprint density at radius 2 is 1.83 bits per heavy atom. The van der Waals surface area contributed by atoms with Crippen LogP contribution in [0.25, 0.3) is 0 Å². The summed E-state index contributed by atoms with van der Waals surface area (Å²) in [7, 11) is -1.36. The van der Waals surface area contributed by atoms with Gasteiger partial charge in [0.25, 0.3) is 0 Å². The van der Waals surface area contributed by atoms with Crippen LogP contribution in [0.2, 0.25) is 5.02 Å². The summed E-state index contributed by atoms with van der Waals surface area (Å²) in [6, 6.07) is 11.2. The first kappa shape index (κ1) is 21.7. The van der Waals surface area contributed by atoms with Gasteiger partial charge in [-0.2, -0.15) is 0 Å². The third kappa shape index (κ3) is 4.42. The molecule has 2 aromatic carbocycles. The highest BCUT2D eigenvalue weighted by Crippen LogP contribution is 2.31. The summed E-state index contributed by atoms with van der Waals surface area (Å²) < 4.78 is 35.9. The fourth-order valence-electron chi connectivity index (χ4n) is 3.09. The van der Waals surface area contributed by atoms with Crippen LogP contribution >= 0.6 is 11.6 Å². The van der Waals surface area contributed by atoms with Gasteiger partial charge in [0.05, 0.1) is 41.5 Å². The number of nitrogens with one attached hydrogen (secondary N) is 2. The average Bonchev–Trinajstić information content (AvgIpc) is 2.73. The maximum absolute atomic E-state index is 13.0. The second-order valence-corrected chi connectivity index (χ2v) is 8.78. The van der Waals surface area contributed by atoms with Crippen molar-refractivity contribution in [2.24, 2.45) is 0 Å². The van der Waals surface area contributed by atoms with Crippen molar-refractivity contribution in [3.05, 3.63) is 70.4 Å². The highest BCUT2D eigenvalue weighted by molar-refractivity contribution is 7.91. The molecule has 8 nitrogen and oxygen atoms in total. The van der Waals surface area contributed by atoms with E-state index in [0.717, 1.165) is 0 Å². The van der Waals surface area contributed by atoms with E-state index in [9.17, 15) is 18.0 Å². The second-order valence-electron chi connectivity index (χ2n) is 6.38. The maximum atomic E-state index is 13.0. The Kier molecular flexibility index (Phi) is 6.33. The SMILES string of the molecule is COC(=O)C1=C(CS(=O)(=O)c2ccc(OC)c(Cl)c2)NC(=O)NC1c1ccccc1. The zero-order valence-corrected chi connectivity index (χ0v) is 17.7. The summed E-state index contributed by atoms with van der Waals surface area (Å²) in [5.41, 5.74) is 0.549. The number of benzene rings is 2. The lowest BCUT2D eigenvalue weighted by Crippen LogP contribution is -2.47. The quantitative estimate of drug-likeness (QED) is 0.654. The van der Waals surface area contributed by atoms with Gasteiger partial charge in [-0.1, -0.05) is 41.9 Å². The van der Waals surface area contributed by atoms with Crippen LogP contribution in [0.15, 0.2) is 64.7 Å². The summed E-state index contributed by atoms with van der Waals surface area (Å²) in [5, 5.41) is 5.20. The maximum Gasteiger partial charge on any atom is 0.338 e. The average molecular weight is 451 g/mol. The van der Waals surface area contributed by atoms with Gasteiger partial charge in [-0.05, 0) is 23.8 Å². The lowest BCUT2D eigenvalue weighted by molar-refractivity contribution is -0.136. The molecule has 0 bridgehead atoms. The molecule has 1 aliphatic rings. The minimum Gasteiger partial charge on any atom is -0.495 e. The van der Waals surface area contributed by atoms with Crippen molar-refractivity contribution in [3.8, 4) is 5.75 Å². The van der Waals surface area contributed by atoms with Crippen LogP contribution in [-0.4, -0.2) is 40.4 Å². The molecule has 0 aromatic heterocycles. The van der Waals surface area contributed by atoms with E-state index in [-0.39, 0.29) is 21.2 Å². The van der Waals surface area contributed by atoms with E-state index < -0.39 is 33.6 Å². The van der Waals surface area contributed by atoms with Crippen molar-refractivity contribution in [1.29, 1.82) is 0 Å². The molecule has 0 saturated heterocycles. The number of hydrogen-bond donors (Lipinski definition) is 2. The van der Waals surface area contributed by atoms with Crippen LogP contribution in [-0.2, 0) is 19.4 Å². The van der Waals surface area contributed by atoms with Crippen molar-refractivity contribution in [3.63, 3.8) is 0 Å². The van der Waals surface area contributed by atoms with E-state index in [1.807, 2.05) is 0 Å². The highest BCUT2D eigenvalue weighted by Gasteiger charge is 2.35. The molecule has 2 N–H and O–H groups in total. The smallest absolute Gasteiger partial charge is 0.338 e. The molecule has 1 atom stereocenters. The van der Waals surface area contributed by atoms with Gasteiger partial charge < -0.3 is 20.1 Å². The number of carbonyl (C=O) groups is 2. The van der Waals surface area contributed by atoms with Crippen LogP contribution in [0, 0.1) is 0 Å². The van der Waals surface area contributed by atoms with Gasteiger partial charge in [-0.15, -0.1) is 0 Å². The Morgan fingerprint density at radius 1 is 1.13 bits per heavy atom. The third-order valence-corrected chi connectivity index (χ3v) is 6.44. The van der Waals surface area contributed by atoms with Crippen molar-refractivity contribution in [1.82, 2.24) is 10.6 Å². The Morgan fingerprint density at radius 3 is 2.43 bits per heavy atom. The van der Waals surface area contributed by atoms with E-state index in [0.29, 0.717) is 11.3 Å². The monoisotopic (exact) mass is 450 g/mol. The van der Waals surface area contributed by atoms with Gasteiger partial charge in [-0.3, -0.25) is 0 Å². The molecule has 2 aromatic rings. The Labute approximate surface area is 178 Å². The number of methoxy groups -OCH3 is 2. The topological polar surface area (TPSA) is 111 Å². The summed E-state index contributed by atoms with van der Waals surface area (Å²) in [6.45, 7) is 0. The second kappa shape index (κ2) is 8.76. The van der Waals surface area contributed by atoms with Gasteiger partial charge in [0.15, 0.2) is 9.84 Å². The molecule has 10 heteroatoms. The molecule has 1 aliphatic heterocycles. The molecule has 158 valence electrons. The van der Waals surface area contributed by atoms with E-state index >= 15 is 0 Å². The molecule has 1 heterocycles. The molecule has 3 rings (SSSR count). The zero-order chi connectivity index (χ0) is 21.9. The molecule has 0 radical (unpaired) electrons. The molecule has 0 saturated carbocycles. The minimum absolute atomic E-state index is 0.00600. The fraction of sp³-hybridized carbons (Fsp3) is 0.200. The summed E-state index contributed by atoms with van der Waals surface area (Å²) in [4.78, 5) is 24.7. The number of hydrogen-bond acceptors (Lipinski definition) is 6. The predicted octanol–water partition coefficient (Wildman–Crippen LogP) is 2.60. The largest absolute Gasteiger partial charge is 0.495 e. The molecule has 0 aliphatic carbocycles. The van der Waals surface area contributed by atoms with Gasteiger partial charge in [0, 0.05) is 5.70 Å². The van der Waals surface area contributed by atoms with Crippen LogP contribution < -0.4 is 15.4 Å². The van der Waals surface area contributed by atoms with Gasteiger partial charge in [0.2, 0.25) is 0 Å².